The van der Waals surface area contributed by atoms with Crippen molar-refractivity contribution in [3.63, 3.8) is 0 Å². The van der Waals surface area contributed by atoms with Crippen molar-refractivity contribution < 1.29 is 23.4 Å². The lowest BCUT2D eigenvalue weighted by Gasteiger charge is -2.43. The van der Waals surface area contributed by atoms with Gasteiger partial charge in [-0.2, -0.15) is 0 Å². The summed E-state index contributed by atoms with van der Waals surface area (Å²) in [6, 6.07) is 9.84. The number of hydrogen-bond acceptors (Lipinski definition) is 5. The summed E-state index contributed by atoms with van der Waals surface area (Å²) < 4.78 is 22.7. The molecule has 1 fully saturated rings. The number of carbonyl (C=O) groups is 1. The number of nitrogens with zero attached hydrogens (tertiary/aromatic N) is 1. The lowest BCUT2D eigenvalue weighted by Crippen LogP contribution is -2.56. The molecule has 1 heterocycles. The molecule has 6 nitrogen and oxygen atoms in total. The normalized spacial score (nSPS) is 25.0. The Morgan fingerprint density at radius 3 is 2.60 bits per heavy atom. The van der Waals surface area contributed by atoms with E-state index in [1.807, 2.05) is 35.2 Å². The number of piperidine rings is 1. The molecule has 0 bridgehead atoms. The van der Waals surface area contributed by atoms with Gasteiger partial charge in [0.1, 0.15) is 15.3 Å². The third-order valence-electron chi connectivity index (χ3n) is 5.00. The summed E-state index contributed by atoms with van der Waals surface area (Å²) in [5.74, 6) is -1.000. The number of carboxylic acids is 1. The number of aliphatic carboxylic acids is 1. The van der Waals surface area contributed by atoms with Crippen molar-refractivity contribution in [2.45, 2.75) is 31.8 Å². The van der Waals surface area contributed by atoms with Crippen LogP contribution in [0.2, 0.25) is 0 Å². The molecule has 0 spiro atoms. The lowest BCUT2D eigenvalue weighted by molar-refractivity contribution is -0.164. The molecule has 2 rings (SSSR count). The van der Waals surface area contributed by atoms with Gasteiger partial charge in [-0.25, -0.2) is 8.42 Å². The van der Waals surface area contributed by atoms with Crippen LogP contribution in [-0.2, 0) is 21.1 Å². The first-order valence-corrected chi connectivity index (χ1v) is 10.6. The van der Waals surface area contributed by atoms with Crippen molar-refractivity contribution >= 4 is 15.8 Å². The Morgan fingerprint density at radius 1 is 1.32 bits per heavy atom. The third-order valence-corrected chi connectivity index (χ3v) is 5.92. The summed E-state index contributed by atoms with van der Waals surface area (Å²) in [6.45, 7) is 1.01. The van der Waals surface area contributed by atoms with Gasteiger partial charge in [0.05, 0.1) is 11.9 Å². The fraction of sp³-hybridized carbons (Fsp3) is 0.611. The molecule has 1 saturated heterocycles. The quantitative estimate of drug-likeness (QED) is 0.715. The molecule has 0 amide bonds. The molecule has 1 aromatic carbocycles. The zero-order valence-corrected chi connectivity index (χ0v) is 15.4. The summed E-state index contributed by atoms with van der Waals surface area (Å²) in [5, 5.41) is 20.2. The van der Waals surface area contributed by atoms with Crippen molar-refractivity contribution in [1.29, 1.82) is 0 Å². The van der Waals surface area contributed by atoms with Crippen LogP contribution in [0, 0.1) is 5.41 Å². The van der Waals surface area contributed by atoms with Crippen molar-refractivity contribution in [3.8, 4) is 0 Å². The first-order valence-electron chi connectivity index (χ1n) is 8.58. The number of sulfone groups is 1. The fourth-order valence-electron chi connectivity index (χ4n) is 3.47. The topological polar surface area (TPSA) is 94.9 Å². The highest BCUT2D eigenvalue weighted by Crippen LogP contribution is 2.36. The van der Waals surface area contributed by atoms with Crippen LogP contribution < -0.4 is 0 Å². The van der Waals surface area contributed by atoms with Crippen LogP contribution in [0.5, 0.6) is 0 Å². The van der Waals surface area contributed by atoms with Gasteiger partial charge in [0.25, 0.3) is 0 Å². The largest absolute Gasteiger partial charge is 0.481 e. The highest BCUT2D eigenvalue weighted by atomic mass is 32.2. The summed E-state index contributed by atoms with van der Waals surface area (Å²) in [7, 11) is -3.10. The maximum absolute atomic E-state index is 12.0. The molecule has 1 aliphatic rings. The van der Waals surface area contributed by atoms with E-state index < -0.39 is 27.3 Å². The second-order valence-corrected chi connectivity index (χ2v) is 9.27. The maximum atomic E-state index is 12.0. The van der Waals surface area contributed by atoms with Crippen molar-refractivity contribution in [3.05, 3.63) is 35.9 Å². The van der Waals surface area contributed by atoms with Crippen LogP contribution in [0.4, 0.5) is 0 Å². The maximum Gasteiger partial charge on any atom is 0.313 e. The standard InChI is InChI=1S/C18H27NO5S/c1-25(23,24)13-12-19-11-9-16(20)18(14-19,17(21)22)10-5-8-15-6-3-2-4-7-15/h2-4,6-7,16,20H,5,8-14H2,1H3,(H,21,22)/t16-,18+/m0/s1. The van der Waals surface area contributed by atoms with E-state index in [1.54, 1.807) is 0 Å². The molecule has 2 N–H and O–H groups in total. The smallest absolute Gasteiger partial charge is 0.313 e. The molecule has 0 unspecified atom stereocenters. The van der Waals surface area contributed by atoms with Gasteiger partial charge in [-0.1, -0.05) is 30.3 Å². The third kappa shape index (κ3) is 5.52. The fourth-order valence-corrected chi connectivity index (χ4v) is 4.06. The number of rotatable bonds is 8. The average Bonchev–Trinajstić information content (AvgIpc) is 2.55. The molecule has 1 aliphatic heterocycles. The van der Waals surface area contributed by atoms with E-state index in [-0.39, 0.29) is 12.3 Å². The van der Waals surface area contributed by atoms with Gasteiger partial charge >= 0.3 is 5.97 Å². The van der Waals surface area contributed by atoms with Crippen LogP contribution >= 0.6 is 0 Å². The van der Waals surface area contributed by atoms with Crippen LogP contribution in [0.3, 0.4) is 0 Å². The van der Waals surface area contributed by atoms with E-state index in [0.29, 0.717) is 32.4 Å². The van der Waals surface area contributed by atoms with Gasteiger partial charge in [-0.3, -0.25) is 4.79 Å². The molecular weight excluding hydrogens is 342 g/mol. The number of benzene rings is 1. The van der Waals surface area contributed by atoms with Crippen LogP contribution in [0.1, 0.15) is 24.8 Å². The van der Waals surface area contributed by atoms with Gasteiger partial charge in [0, 0.05) is 25.9 Å². The predicted octanol–water partition coefficient (Wildman–Crippen LogP) is 1.19. The Kier molecular flexibility index (Phi) is 6.59. The van der Waals surface area contributed by atoms with Crippen molar-refractivity contribution in [2.24, 2.45) is 5.41 Å². The second kappa shape index (κ2) is 8.29. The van der Waals surface area contributed by atoms with E-state index in [9.17, 15) is 23.4 Å². The number of aliphatic hydroxyl groups is 1. The Labute approximate surface area is 149 Å². The molecule has 2 atom stereocenters. The zero-order chi connectivity index (χ0) is 18.5. The molecule has 7 heteroatoms. The summed E-state index contributed by atoms with van der Waals surface area (Å²) in [4.78, 5) is 13.8. The predicted molar refractivity (Wildman–Crippen MR) is 96.2 cm³/mol. The first-order chi connectivity index (χ1) is 11.7. The Balaban J connectivity index is 2.02. The number of carboxylic acid groups (broad SMARTS) is 1. The van der Waals surface area contributed by atoms with E-state index >= 15 is 0 Å². The average molecular weight is 369 g/mol. The highest BCUT2D eigenvalue weighted by Gasteiger charge is 2.48. The first kappa shape index (κ1) is 19.9. The van der Waals surface area contributed by atoms with E-state index in [4.69, 9.17) is 0 Å². The Bertz CT molecular complexity index is 676. The minimum Gasteiger partial charge on any atom is -0.481 e. The van der Waals surface area contributed by atoms with Gasteiger partial charge in [-0.15, -0.1) is 0 Å². The van der Waals surface area contributed by atoms with Gasteiger partial charge in [0.15, 0.2) is 0 Å². The van der Waals surface area contributed by atoms with E-state index in [1.165, 1.54) is 6.26 Å². The number of aryl methyl sites for hydroxylation is 1. The van der Waals surface area contributed by atoms with Gasteiger partial charge in [-0.05, 0) is 31.2 Å². The molecule has 25 heavy (non-hydrogen) atoms. The van der Waals surface area contributed by atoms with Gasteiger partial charge in [0.2, 0.25) is 0 Å². The SMILES string of the molecule is CS(=O)(=O)CCN1CC[C@H](O)[C@](CCCc2ccccc2)(C(=O)O)C1. The van der Waals surface area contributed by atoms with E-state index in [0.717, 1.165) is 12.0 Å². The monoisotopic (exact) mass is 369 g/mol. The number of likely N-dealkylation sites (tertiary alicyclic amines) is 1. The minimum absolute atomic E-state index is 0.00279. The summed E-state index contributed by atoms with van der Waals surface area (Å²) in [6.07, 6.45) is 2.40. The summed E-state index contributed by atoms with van der Waals surface area (Å²) in [5.41, 5.74) is -0.0906. The molecule has 0 aromatic heterocycles. The van der Waals surface area contributed by atoms with Gasteiger partial charge < -0.3 is 15.1 Å². The Morgan fingerprint density at radius 2 is 2.00 bits per heavy atom. The van der Waals surface area contributed by atoms with Crippen LogP contribution in [-0.4, -0.2) is 67.2 Å². The number of hydrogen-bond donors (Lipinski definition) is 2. The van der Waals surface area contributed by atoms with Crippen LogP contribution in [0.25, 0.3) is 0 Å². The zero-order valence-electron chi connectivity index (χ0n) is 14.6. The Hall–Kier alpha value is -1.44. The molecule has 1 aromatic rings. The van der Waals surface area contributed by atoms with Crippen molar-refractivity contribution in [2.75, 3.05) is 31.6 Å². The van der Waals surface area contributed by atoms with E-state index in [2.05, 4.69) is 0 Å². The molecule has 0 aliphatic carbocycles. The van der Waals surface area contributed by atoms with Crippen molar-refractivity contribution in [1.82, 2.24) is 4.90 Å². The minimum atomic E-state index is -3.10. The highest BCUT2D eigenvalue weighted by molar-refractivity contribution is 7.90. The molecule has 0 radical (unpaired) electrons. The van der Waals surface area contributed by atoms with Crippen LogP contribution in [0.15, 0.2) is 30.3 Å². The molecule has 0 saturated carbocycles. The number of aliphatic hydroxyl groups excluding tert-OH is 1. The molecular formula is C18H27NO5S. The lowest BCUT2D eigenvalue weighted by atomic mass is 9.73. The second-order valence-electron chi connectivity index (χ2n) is 7.01. The summed E-state index contributed by atoms with van der Waals surface area (Å²) >= 11 is 0. The molecule has 140 valence electrons.